The van der Waals surface area contributed by atoms with Gasteiger partial charge in [-0.3, -0.25) is 4.79 Å². The minimum atomic E-state index is -0.878. The van der Waals surface area contributed by atoms with Gasteiger partial charge in [0.1, 0.15) is 5.54 Å². The van der Waals surface area contributed by atoms with E-state index in [-0.39, 0.29) is 5.56 Å². The molecule has 5 heteroatoms. The zero-order valence-electron chi connectivity index (χ0n) is 10.8. The molecular formula is C14H16FN3O. The molecule has 1 amide bonds. The van der Waals surface area contributed by atoms with E-state index >= 15 is 0 Å². The standard InChI is InChI=1S/C14H16FN3O/c1-10-4-2-6-14(8-10,9-16)18-13(19)11-5-3-7-17-12(11)15/h3,5,7,10H,2,4,6,8H2,1H3,(H,18,19). The molecule has 0 aromatic carbocycles. The number of nitrogens with zero attached hydrogens (tertiary/aromatic N) is 2. The molecule has 0 aliphatic heterocycles. The molecule has 1 aromatic heterocycles. The second kappa shape index (κ2) is 5.35. The quantitative estimate of drug-likeness (QED) is 0.831. The van der Waals surface area contributed by atoms with Crippen LogP contribution in [0.25, 0.3) is 0 Å². The fraction of sp³-hybridized carbons (Fsp3) is 0.500. The van der Waals surface area contributed by atoms with Crippen molar-refractivity contribution in [1.82, 2.24) is 10.3 Å². The van der Waals surface area contributed by atoms with Gasteiger partial charge >= 0.3 is 0 Å². The van der Waals surface area contributed by atoms with Crippen molar-refractivity contribution in [2.75, 3.05) is 0 Å². The Balaban J connectivity index is 2.17. The van der Waals surface area contributed by atoms with Gasteiger partial charge in [-0.2, -0.15) is 9.65 Å². The number of nitriles is 1. The largest absolute Gasteiger partial charge is 0.334 e. The number of aromatic nitrogens is 1. The van der Waals surface area contributed by atoms with Gasteiger partial charge in [0.05, 0.1) is 11.6 Å². The first-order chi connectivity index (χ1) is 9.06. The van der Waals surface area contributed by atoms with Gasteiger partial charge in [-0.1, -0.05) is 13.3 Å². The molecule has 2 atom stereocenters. The number of pyridine rings is 1. The number of rotatable bonds is 2. The highest BCUT2D eigenvalue weighted by Gasteiger charge is 2.37. The predicted molar refractivity (Wildman–Crippen MR) is 67.6 cm³/mol. The van der Waals surface area contributed by atoms with Gasteiger partial charge < -0.3 is 5.32 Å². The molecule has 0 radical (unpaired) electrons. The summed E-state index contributed by atoms with van der Waals surface area (Å²) in [4.78, 5) is 15.5. The molecule has 1 aliphatic rings. The molecule has 100 valence electrons. The smallest absolute Gasteiger partial charge is 0.257 e. The van der Waals surface area contributed by atoms with E-state index in [0.29, 0.717) is 18.8 Å². The highest BCUT2D eigenvalue weighted by Crippen LogP contribution is 2.32. The topological polar surface area (TPSA) is 65.8 Å². The Labute approximate surface area is 111 Å². The fourth-order valence-corrected chi connectivity index (χ4v) is 2.63. The first-order valence-electron chi connectivity index (χ1n) is 6.40. The monoisotopic (exact) mass is 261 g/mol. The van der Waals surface area contributed by atoms with E-state index in [1.165, 1.54) is 18.3 Å². The van der Waals surface area contributed by atoms with E-state index in [2.05, 4.69) is 23.3 Å². The van der Waals surface area contributed by atoms with Crippen LogP contribution in [0.1, 0.15) is 43.0 Å². The van der Waals surface area contributed by atoms with Crippen molar-refractivity contribution < 1.29 is 9.18 Å². The average molecular weight is 261 g/mol. The van der Waals surface area contributed by atoms with E-state index in [4.69, 9.17) is 0 Å². The SMILES string of the molecule is CC1CCCC(C#N)(NC(=O)c2cccnc2F)C1. The number of nitrogens with one attached hydrogen (secondary N) is 1. The average Bonchev–Trinajstić information content (AvgIpc) is 2.39. The maximum Gasteiger partial charge on any atom is 0.257 e. The van der Waals surface area contributed by atoms with Crippen LogP contribution in [0.15, 0.2) is 18.3 Å². The van der Waals surface area contributed by atoms with E-state index in [1.807, 2.05) is 0 Å². The normalized spacial score (nSPS) is 26.5. The molecule has 2 rings (SSSR count). The molecule has 1 aliphatic carbocycles. The van der Waals surface area contributed by atoms with Crippen LogP contribution in [-0.2, 0) is 0 Å². The van der Waals surface area contributed by atoms with Crippen LogP contribution in [0, 0.1) is 23.2 Å². The van der Waals surface area contributed by atoms with E-state index in [1.54, 1.807) is 0 Å². The first-order valence-corrected chi connectivity index (χ1v) is 6.40. The molecule has 1 saturated carbocycles. The maximum absolute atomic E-state index is 13.4. The highest BCUT2D eigenvalue weighted by molar-refractivity contribution is 5.94. The molecule has 0 saturated heterocycles. The summed E-state index contributed by atoms with van der Waals surface area (Å²) in [5.74, 6) is -0.995. The zero-order valence-corrected chi connectivity index (χ0v) is 10.8. The summed E-state index contributed by atoms with van der Waals surface area (Å²) in [6.07, 6.45) is 4.46. The van der Waals surface area contributed by atoms with E-state index < -0.39 is 17.4 Å². The molecule has 0 bridgehead atoms. The Morgan fingerprint density at radius 1 is 1.68 bits per heavy atom. The van der Waals surface area contributed by atoms with Crippen molar-refractivity contribution in [3.8, 4) is 6.07 Å². The molecule has 1 fully saturated rings. The van der Waals surface area contributed by atoms with Gasteiger partial charge in [0.25, 0.3) is 5.91 Å². The number of carbonyl (C=O) groups is 1. The molecule has 2 unspecified atom stereocenters. The molecule has 0 spiro atoms. The summed E-state index contributed by atoms with van der Waals surface area (Å²) in [5, 5.41) is 12.0. The van der Waals surface area contributed by atoms with Crippen molar-refractivity contribution in [2.45, 2.75) is 38.1 Å². The minimum absolute atomic E-state index is 0.115. The van der Waals surface area contributed by atoms with Crippen LogP contribution in [0.4, 0.5) is 4.39 Å². The van der Waals surface area contributed by atoms with Crippen LogP contribution in [-0.4, -0.2) is 16.4 Å². The fourth-order valence-electron chi connectivity index (χ4n) is 2.63. The lowest BCUT2D eigenvalue weighted by Gasteiger charge is -2.34. The van der Waals surface area contributed by atoms with Crippen LogP contribution in [0.3, 0.4) is 0 Å². The molecule has 19 heavy (non-hydrogen) atoms. The number of halogens is 1. The third-order valence-electron chi connectivity index (χ3n) is 3.57. The Bertz CT molecular complexity index is 526. The van der Waals surface area contributed by atoms with Gasteiger partial charge in [0.2, 0.25) is 5.95 Å². The number of hydrogen-bond acceptors (Lipinski definition) is 3. The second-order valence-corrected chi connectivity index (χ2v) is 5.19. The van der Waals surface area contributed by atoms with Crippen LogP contribution in [0.2, 0.25) is 0 Å². The summed E-state index contributed by atoms with van der Waals surface area (Å²) in [6, 6.07) is 5.06. The lowest BCUT2D eigenvalue weighted by molar-refractivity contribution is 0.0885. The van der Waals surface area contributed by atoms with Gasteiger partial charge in [-0.25, -0.2) is 4.98 Å². The van der Waals surface area contributed by atoms with Crippen LogP contribution < -0.4 is 5.32 Å². The Kier molecular flexibility index (Phi) is 3.79. The van der Waals surface area contributed by atoms with E-state index in [0.717, 1.165) is 12.8 Å². The second-order valence-electron chi connectivity index (χ2n) is 5.19. The summed E-state index contributed by atoms with van der Waals surface area (Å²) in [7, 11) is 0. The first kappa shape index (κ1) is 13.5. The minimum Gasteiger partial charge on any atom is -0.334 e. The van der Waals surface area contributed by atoms with Crippen LogP contribution in [0.5, 0.6) is 0 Å². The molecule has 4 nitrogen and oxygen atoms in total. The molecule has 1 heterocycles. The van der Waals surface area contributed by atoms with Crippen molar-refractivity contribution in [3.05, 3.63) is 29.8 Å². The van der Waals surface area contributed by atoms with Gasteiger partial charge in [-0.15, -0.1) is 0 Å². The number of amides is 1. The van der Waals surface area contributed by atoms with Crippen molar-refractivity contribution >= 4 is 5.91 Å². The predicted octanol–water partition coefficient (Wildman–Crippen LogP) is 2.42. The van der Waals surface area contributed by atoms with Crippen molar-refractivity contribution in [2.24, 2.45) is 5.92 Å². The summed E-state index contributed by atoms with van der Waals surface area (Å²) in [5.41, 5.74) is -0.993. The lowest BCUT2D eigenvalue weighted by Crippen LogP contribution is -2.50. The third kappa shape index (κ3) is 2.90. The number of hydrogen-bond donors (Lipinski definition) is 1. The Morgan fingerprint density at radius 2 is 2.47 bits per heavy atom. The van der Waals surface area contributed by atoms with Crippen molar-refractivity contribution in [1.29, 1.82) is 5.26 Å². The third-order valence-corrected chi connectivity index (χ3v) is 3.57. The molecule has 1 N–H and O–H groups in total. The Morgan fingerprint density at radius 3 is 3.11 bits per heavy atom. The summed E-state index contributed by atoms with van der Waals surface area (Å²) >= 11 is 0. The maximum atomic E-state index is 13.4. The summed E-state index contributed by atoms with van der Waals surface area (Å²) in [6.45, 7) is 2.06. The van der Waals surface area contributed by atoms with Crippen LogP contribution >= 0.6 is 0 Å². The summed E-state index contributed by atoms with van der Waals surface area (Å²) < 4.78 is 13.4. The van der Waals surface area contributed by atoms with Gasteiger partial charge in [-0.05, 0) is 37.3 Å². The molecular weight excluding hydrogens is 245 g/mol. The van der Waals surface area contributed by atoms with Crippen molar-refractivity contribution in [3.63, 3.8) is 0 Å². The molecule has 1 aromatic rings. The lowest BCUT2D eigenvalue weighted by atomic mass is 9.77. The van der Waals surface area contributed by atoms with Gasteiger partial charge in [0.15, 0.2) is 0 Å². The number of carbonyl (C=O) groups excluding carboxylic acids is 1. The zero-order chi connectivity index (χ0) is 13.9. The Hall–Kier alpha value is -1.96. The van der Waals surface area contributed by atoms with Gasteiger partial charge in [0, 0.05) is 6.20 Å². The highest BCUT2D eigenvalue weighted by atomic mass is 19.1. The van der Waals surface area contributed by atoms with E-state index in [9.17, 15) is 14.4 Å².